The molecular weight excluding hydrogens is 363 g/mol. The van der Waals surface area contributed by atoms with Gasteiger partial charge >= 0.3 is 6.18 Å². The van der Waals surface area contributed by atoms with Crippen molar-refractivity contribution in [3.05, 3.63) is 67.7 Å². The lowest BCUT2D eigenvalue weighted by Crippen LogP contribution is -2.17. The van der Waals surface area contributed by atoms with E-state index in [1.54, 1.807) is 0 Å². The van der Waals surface area contributed by atoms with Gasteiger partial charge in [0.2, 0.25) is 5.91 Å². The Balaban J connectivity index is 2.58. The maximum absolute atomic E-state index is 13.0. The van der Waals surface area contributed by atoms with E-state index in [0.717, 1.165) is 18.2 Å². The third-order valence-corrected chi connectivity index (χ3v) is 3.95. The summed E-state index contributed by atoms with van der Waals surface area (Å²) in [5, 5.41) is 10.1. The van der Waals surface area contributed by atoms with Crippen LogP contribution in [0.25, 0.3) is 0 Å². The predicted molar refractivity (Wildman–Crippen MR) is 85.3 cm³/mol. The third-order valence-electron chi connectivity index (χ3n) is 3.52. The highest BCUT2D eigenvalue weighted by molar-refractivity contribution is 6.32. The summed E-state index contributed by atoms with van der Waals surface area (Å²) in [7, 11) is 0. The van der Waals surface area contributed by atoms with Crippen molar-refractivity contribution in [3.8, 4) is 0 Å². The molecule has 0 radical (unpaired) electrons. The Morgan fingerprint density at radius 1 is 1.24 bits per heavy atom. The van der Waals surface area contributed by atoms with Crippen molar-refractivity contribution < 1.29 is 22.9 Å². The van der Waals surface area contributed by atoms with Gasteiger partial charge in [0.15, 0.2) is 0 Å². The summed E-state index contributed by atoms with van der Waals surface area (Å²) >= 11 is 5.85. The van der Waals surface area contributed by atoms with Crippen molar-refractivity contribution in [2.45, 2.75) is 12.6 Å². The number of nitrogens with two attached hydrogens (primary N) is 2. The number of nitrogen functional groups attached to an aromatic ring is 1. The summed E-state index contributed by atoms with van der Waals surface area (Å²) in [6.45, 7) is 0. The van der Waals surface area contributed by atoms with E-state index >= 15 is 0 Å². The van der Waals surface area contributed by atoms with Gasteiger partial charge in [-0.25, -0.2) is 0 Å². The number of halogens is 4. The number of benzene rings is 2. The summed E-state index contributed by atoms with van der Waals surface area (Å²) in [6, 6.07) is 5.12. The fraction of sp³-hybridized carbons (Fsp3) is 0.133. The molecule has 0 saturated heterocycles. The zero-order chi connectivity index (χ0) is 18.9. The molecule has 2 aromatic rings. The number of nitro benzene ring substituents is 1. The van der Waals surface area contributed by atoms with E-state index in [9.17, 15) is 28.1 Å². The Kier molecular flexibility index (Phi) is 4.89. The molecule has 0 aliphatic heterocycles. The molecule has 4 N–H and O–H groups in total. The Morgan fingerprint density at radius 3 is 2.36 bits per heavy atom. The molecule has 132 valence electrons. The Labute approximate surface area is 144 Å². The van der Waals surface area contributed by atoms with E-state index < -0.39 is 27.6 Å². The first kappa shape index (κ1) is 18.5. The Bertz CT molecular complexity index is 869. The molecule has 1 amide bonds. The van der Waals surface area contributed by atoms with Crippen LogP contribution in [0.3, 0.4) is 0 Å². The second-order valence-corrected chi connectivity index (χ2v) is 5.51. The van der Waals surface area contributed by atoms with Gasteiger partial charge in [-0.15, -0.1) is 0 Å². The lowest BCUT2D eigenvalue weighted by Gasteiger charge is -2.16. The van der Waals surface area contributed by atoms with Crippen LogP contribution in [0.15, 0.2) is 30.3 Å². The Morgan fingerprint density at radius 2 is 1.88 bits per heavy atom. The summed E-state index contributed by atoms with van der Waals surface area (Å²) in [6.07, 6.45) is -4.96. The van der Waals surface area contributed by atoms with E-state index in [-0.39, 0.29) is 34.5 Å². The number of hydrogen-bond donors (Lipinski definition) is 2. The smallest absolute Gasteiger partial charge is 0.398 e. The number of carbonyl (C=O) groups excluding carboxylic acids is 1. The first-order valence-electron chi connectivity index (χ1n) is 6.73. The van der Waals surface area contributed by atoms with Crippen LogP contribution in [0, 0.1) is 10.1 Å². The monoisotopic (exact) mass is 373 g/mol. The zero-order valence-corrected chi connectivity index (χ0v) is 13.2. The van der Waals surface area contributed by atoms with Gasteiger partial charge in [-0.3, -0.25) is 14.9 Å². The molecule has 0 aliphatic carbocycles. The van der Waals surface area contributed by atoms with E-state index in [2.05, 4.69) is 0 Å². The second kappa shape index (κ2) is 6.60. The number of nitrogens with zero attached hydrogens (tertiary/aromatic N) is 1. The lowest BCUT2D eigenvalue weighted by molar-refractivity contribution is -0.384. The minimum atomic E-state index is -4.72. The minimum Gasteiger partial charge on any atom is -0.398 e. The molecule has 0 atom stereocenters. The SMILES string of the molecule is NC(=O)c1ccc(C(F)(F)F)c(Cl)c1Cc1ccc([N+](=O)[O-])cc1N. The third kappa shape index (κ3) is 3.82. The van der Waals surface area contributed by atoms with Crippen molar-refractivity contribution in [2.24, 2.45) is 5.73 Å². The topological polar surface area (TPSA) is 112 Å². The summed E-state index contributed by atoms with van der Waals surface area (Å²) in [5.41, 5.74) is 9.46. The van der Waals surface area contributed by atoms with Crippen LogP contribution in [-0.4, -0.2) is 10.8 Å². The van der Waals surface area contributed by atoms with Crippen LogP contribution in [0.1, 0.15) is 27.0 Å². The van der Waals surface area contributed by atoms with Gasteiger partial charge in [0.05, 0.1) is 15.5 Å². The highest BCUT2D eigenvalue weighted by Crippen LogP contribution is 2.38. The molecule has 2 aromatic carbocycles. The molecule has 10 heteroatoms. The maximum Gasteiger partial charge on any atom is 0.417 e. The molecule has 25 heavy (non-hydrogen) atoms. The van der Waals surface area contributed by atoms with Crippen LogP contribution < -0.4 is 11.5 Å². The van der Waals surface area contributed by atoms with Crippen molar-refractivity contribution in [1.29, 1.82) is 0 Å². The quantitative estimate of drug-likeness (QED) is 0.485. The molecule has 0 bridgehead atoms. The molecule has 0 aromatic heterocycles. The first-order chi connectivity index (χ1) is 11.5. The fourth-order valence-electron chi connectivity index (χ4n) is 2.29. The molecule has 0 aliphatic rings. The van der Waals surface area contributed by atoms with E-state index in [1.807, 2.05) is 0 Å². The van der Waals surface area contributed by atoms with Crippen LogP contribution in [0.5, 0.6) is 0 Å². The van der Waals surface area contributed by atoms with Crippen molar-refractivity contribution in [3.63, 3.8) is 0 Å². The number of alkyl halides is 3. The van der Waals surface area contributed by atoms with Gasteiger partial charge in [-0.05, 0) is 29.3 Å². The molecule has 2 rings (SSSR count). The van der Waals surface area contributed by atoms with Crippen molar-refractivity contribution in [1.82, 2.24) is 0 Å². The van der Waals surface area contributed by atoms with Gasteiger partial charge in [0.25, 0.3) is 5.69 Å². The molecule has 0 heterocycles. The minimum absolute atomic E-state index is 0.0156. The fourth-order valence-corrected chi connectivity index (χ4v) is 2.63. The predicted octanol–water partition coefficient (Wildman–Crippen LogP) is 3.54. The van der Waals surface area contributed by atoms with Crippen molar-refractivity contribution >= 4 is 28.9 Å². The van der Waals surface area contributed by atoms with Gasteiger partial charge in [0, 0.05) is 29.8 Å². The van der Waals surface area contributed by atoms with E-state index in [1.165, 1.54) is 6.07 Å². The number of carbonyl (C=O) groups is 1. The molecule has 0 spiro atoms. The normalized spacial score (nSPS) is 11.4. The standard InChI is InChI=1S/C15H11ClF3N3O3/c16-13-10(5-7-1-2-8(22(24)25)6-12(7)20)9(14(21)23)3-4-11(13)15(17,18)19/h1-4,6H,5,20H2,(H2,21,23). The molecule has 0 unspecified atom stereocenters. The molecule has 0 saturated carbocycles. The van der Waals surface area contributed by atoms with Gasteiger partial charge in [0.1, 0.15) is 0 Å². The Hall–Kier alpha value is -2.81. The van der Waals surface area contributed by atoms with Gasteiger partial charge < -0.3 is 11.5 Å². The number of primary amides is 1. The number of non-ortho nitro benzene ring substituents is 1. The van der Waals surface area contributed by atoms with E-state index in [0.29, 0.717) is 6.07 Å². The first-order valence-corrected chi connectivity index (χ1v) is 7.11. The maximum atomic E-state index is 13.0. The highest BCUT2D eigenvalue weighted by atomic mass is 35.5. The zero-order valence-electron chi connectivity index (χ0n) is 12.4. The number of anilines is 1. The highest BCUT2D eigenvalue weighted by Gasteiger charge is 2.35. The average Bonchev–Trinajstić information content (AvgIpc) is 2.49. The number of rotatable bonds is 4. The van der Waals surface area contributed by atoms with Crippen LogP contribution >= 0.6 is 11.6 Å². The summed E-state index contributed by atoms with van der Waals surface area (Å²) in [5.74, 6) is -0.953. The van der Waals surface area contributed by atoms with Gasteiger partial charge in [-0.2, -0.15) is 13.2 Å². The number of nitro groups is 1. The number of hydrogen-bond acceptors (Lipinski definition) is 4. The molecule has 0 fully saturated rings. The van der Waals surface area contributed by atoms with Crippen LogP contribution in [-0.2, 0) is 12.6 Å². The van der Waals surface area contributed by atoms with Crippen LogP contribution in [0.4, 0.5) is 24.5 Å². The summed E-state index contributed by atoms with van der Waals surface area (Å²) < 4.78 is 39.1. The average molecular weight is 374 g/mol. The lowest BCUT2D eigenvalue weighted by atomic mass is 9.95. The molecule has 6 nitrogen and oxygen atoms in total. The molecular formula is C15H11ClF3N3O3. The second-order valence-electron chi connectivity index (χ2n) is 5.13. The van der Waals surface area contributed by atoms with Gasteiger partial charge in [-0.1, -0.05) is 11.6 Å². The van der Waals surface area contributed by atoms with Crippen molar-refractivity contribution in [2.75, 3.05) is 5.73 Å². The van der Waals surface area contributed by atoms with Crippen LogP contribution in [0.2, 0.25) is 5.02 Å². The van der Waals surface area contributed by atoms with E-state index in [4.69, 9.17) is 23.1 Å². The number of amides is 1. The summed E-state index contributed by atoms with van der Waals surface area (Å²) in [4.78, 5) is 21.6. The largest absolute Gasteiger partial charge is 0.417 e.